The van der Waals surface area contributed by atoms with Crippen LogP contribution in [0, 0.1) is 5.82 Å². The highest BCUT2D eigenvalue weighted by Gasteiger charge is 2.14. The zero-order chi connectivity index (χ0) is 14.4. The third kappa shape index (κ3) is 5.25. The van der Waals surface area contributed by atoms with Gasteiger partial charge in [-0.05, 0) is 40.5 Å². The Morgan fingerprint density at radius 3 is 2.74 bits per heavy atom. The summed E-state index contributed by atoms with van der Waals surface area (Å²) >= 11 is 3.18. The van der Waals surface area contributed by atoms with Crippen molar-refractivity contribution >= 4 is 33.6 Å². The Morgan fingerprint density at radius 1 is 1.47 bits per heavy atom. The van der Waals surface area contributed by atoms with E-state index in [0.29, 0.717) is 10.9 Å². The topological polar surface area (TPSA) is 78.4 Å². The summed E-state index contributed by atoms with van der Waals surface area (Å²) in [6, 6.07) is 2.86. The number of benzene rings is 1. The van der Waals surface area contributed by atoms with Gasteiger partial charge in [-0.15, -0.1) is 0 Å². The van der Waals surface area contributed by atoms with Gasteiger partial charge in [0, 0.05) is 10.5 Å². The number of nitrogens with one attached hydrogen (secondary N) is 2. The number of carbonyl (C=O) groups excluding carboxylic acids is 1. The van der Waals surface area contributed by atoms with Gasteiger partial charge in [-0.25, -0.2) is 9.18 Å². The molecular weight excluding hydrogens is 319 g/mol. The monoisotopic (exact) mass is 332 g/mol. The van der Waals surface area contributed by atoms with E-state index in [1.807, 2.05) is 0 Å². The quantitative estimate of drug-likeness (QED) is 0.775. The van der Waals surface area contributed by atoms with Crippen molar-refractivity contribution < 1.29 is 19.1 Å². The summed E-state index contributed by atoms with van der Waals surface area (Å²) in [7, 11) is 0. The van der Waals surface area contributed by atoms with Gasteiger partial charge in [0.1, 0.15) is 5.82 Å². The van der Waals surface area contributed by atoms with Gasteiger partial charge >= 0.3 is 12.0 Å². The minimum Gasteiger partial charge on any atom is -0.481 e. The van der Waals surface area contributed by atoms with Crippen LogP contribution < -0.4 is 10.6 Å². The second-order valence-electron chi connectivity index (χ2n) is 3.93. The van der Waals surface area contributed by atoms with E-state index < -0.39 is 23.9 Å². The molecule has 1 rings (SSSR count). The van der Waals surface area contributed by atoms with Crippen molar-refractivity contribution in [3.8, 4) is 0 Å². The number of rotatable bonds is 5. The van der Waals surface area contributed by atoms with Crippen LogP contribution in [0.4, 0.5) is 14.9 Å². The third-order valence-corrected chi connectivity index (χ3v) is 3.12. The molecule has 0 fully saturated rings. The number of anilines is 1. The van der Waals surface area contributed by atoms with E-state index in [1.165, 1.54) is 18.2 Å². The smallest absolute Gasteiger partial charge is 0.319 e. The van der Waals surface area contributed by atoms with E-state index in [2.05, 4.69) is 26.6 Å². The third-order valence-electron chi connectivity index (χ3n) is 2.43. The molecule has 0 spiro atoms. The van der Waals surface area contributed by atoms with Crippen LogP contribution in [0.2, 0.25) is 0 Å². The number of carboxylic acids is 1. The number of urea groups is 1. The average Bonchev–Trinajstić information content (AvgIpc) is 2.32. The van der Waals surface area contributed by atoms with E-state index in [1.54, 1.807) is 6.92 Å². The number of aliphatic carboxylic acids is 1. The van der Waals surface area contributed by atoms with Crippen molar-refractivity contribution in [2.75, 3.05) is 5.32 Å². The Balaban J connectivity index is 2.63. The van der Waals surface area contributed by atoms with Gasteiger partial charge in [0.2, 0.25) is 0 Å². The van der Waals surface area contributed by atoms with Crippen LogP contribution in [0.1, 0.15) is 19.8 Å². The van der Waals surface area contributed by atoms with Gasteiger partial charge in [0.25, 0.3) is 0 Å². The maximum atomic E-state index is 13.0. The number of carboxylic acid groups (broad SMARTS) is 1. The van der Waals surface area contributed by atoms with E-state index in [4.69, 9.17) is 5.11 Å². The van der Waals surface area contributed by atoms with E-state index in [9.17, 15) is 14.0 Å². The predicted molar refractivity (Wildman–Crippen MR) is 72.6 cm³/mol. The van der Waals surface area contributed by atoms with E-state index >= 15 is 0 Å². The summed E-state index contributed by atoms with van der Waals surface area (Å²) in [6.07, 6.45) is 0.332. The molecule has 7 heteroatoms. The second-order valence-corrected chi connectivity index (χ2v) is 4.78. The Bertz CT molecular complexity index is 482. The molecular formula is C12H14BrFN2O3. The summed E-state index contributed by atoms with van der Waals surface area (Å²) in [5.74, 6) is -1.46. The predicted octanol–water partition coefficient (Wildman–Crippen LogP) is 2.96. The molecule has 1 unspecified atom stereocenters. The first-order chi connectivity index (χ1) is 8.92. The van der Waals surface area contributed by atoms with Gasteiger partial charge in [-0.2, -0.15) is 0 Å². The van der Waals surface area contributed by atoms with Crippen molar-refractivity contribution in [1.29, 1.82) is 0 Å². The van der Waals surface area contributed by atoms with Crippen LogP contribution in [0.25, 0.3) is 0 Å². The minimum atomic E-state index is -0.987. The fourth-order valence-electron chi connectivity index (χ4n) is 1.45. The van der Waals surface area contributed by atoms with Crippen molar-refractivity contribution in [3.63, 3.8) is 0 Å². The lowest BCUT2D eigenvalue weighted by Gasteiger charge is -2.16. The van der Waals surface area contributed by atoms with Crippen LogP contribution >= 0.6 is 15.9 Å². The number of amides is 2. The van der Waals surface area contributed by atoms with Crippen molar-refractivity contribution in [3.05, 3.63) is 28.5 Å². The van der Waals surface area contributed by atoms with Gasteiger partial charge < -0.3 is 15.7 Å². The Kier molecular flexibility index (Phi) is 5.75. The highest BCUT2D eigenvalue weighted by atomic mass is 79.9. The Hall–Kier alpha value is -1.63. The first kappa shape index (κ1) is 15.4. The molecule has 0 aromatic heterocycles. The zero-order valence-corrected chi connectivity index (χ0v) is 11.8. The largest absolute Gasteiger partial charge is 0.481 e. The fourth-order valence-corrected chi connectivity index (χ4v) is 1.79. The maximum Gasteiger partial charge on any atom is 0.319 e. The molecule has 3 N–H and O–H groups in total. The molecule has 19 heavy (non-hydrogen) atoms. The number of hydrogen-bond donors (Lipinski definition) is 3. The molecule has 0 aliphatic rings. The molecule has 0 heterocycles. The van der Waals surface area contributed by atoms with Gasteiger partial charge in [-0.3, -0.25) is 4.79 Å². The summed E-state index contributed by atoms with van der Waals surface area (Å²) < 4.78 is 13.6. The molecule has 0 aliphatic heterocycles. The molecule has 0 aliphatic carbocycles. The Labute approximate surface area is 118 Å². The lowest BCUT2D eigenvalue weighted by Crippen LogP contribution is -2.38. The second kappa shape index (κ2) is 7.08. The van der Waals surface area contributed by atoms with Gasteiger partial charge in [-0.1, -0.05) is 6.92 Å². The first-order valence-electron chi connectivity index (χ1n) is 5.66. The average molecular weight is 333 g/mol. The molecule has 0 saturated heterocycles. The Morgan fingerprint density at radius 2 is 2.16 bits per heavy atom. The van der Waals surface area contributed by atoms with Crippen LogP contribution in [0.3, 0.4) is 0 Å². The highest BCUT2D eigenvalue weighted by molar-refractivity contribution is 9.10. The summed E-state index contributed by atoms with van der Waals surface area (Å²) in [5, 5.41) is 13.6. The van der Waals surface area contributed by atoms with Crippen LogP contribution in [0.15, 0.2) is 22.7 Å². The first-order valence-corrected chi connectivity index (χ1v) is 6.46. The van der Waals surface area contributed by atoms with Gasteiger partial charge in [0.05, 0.1) is 12.1 Å². The summed E-state index contributed by atoms with van der Waals surface area (Å²) in [5.41, 5.74) is 0.280. The molecule has 104 valence electrons. The van der Waals surface area contributed by atoms with E-state index in [0.717, 1.165) is 0 Å². The molecule has 5 nitrogen and oxygen atoms in total. The lowest BCUT2D eigenvalue weighted by atomic mass is 10.1. The minimum absolute atomic E-state index is 0.158. The van der Waals surface area contributed by atoms with E-state index in [-0.39, 0.29) is 12.1 Å². The summed E-state index contributed by atoms with van der Waals surface area (Å²) in [4.78, 5) is 22.2. The normalized spacial score (nSPS) is 11.7. The molecule has 1 aromatic rings. The van der Waals surface area contributed by atoms with Gasteiger partial charge in [0.15, 0.2) is 0 Å². The molecule has 0 radical (unpaired) electrons. The van der Waals surface area contributed by atoms with Crippen LogP contribution in [0.5, 0.6) is 0 Å². The van der Waals surface area contributed by atoms with Crippen molar-refractivity contribution in [1.82, 2.24) is 5.32 Å². The number of carbonyl (C=O) groups is 2. The standard InChI is InChI=1S/C12H14BrFN2O3/c1-2-8(6-11(17)18)15-12(19)16-10-5-7(14)3-4-9(10)13/h3-5,8H,2,6H2,1H3,(H,17,18)(H2,15,16,19). The molecule has 1 aromatic carbocycles. The SMILES string of the molecule is CCC(CC(=O)O)NC(=O)Nc1cc(F)ccc1Br. The molecule has 2 amide bonds. The fraction of sp³-hybridized carbons (Fsp3) is 0.333. The zero-order valence-electron chi connectivity index (χ0n) is 10.2. The van der Waals surface area contributed by atoms with Crippen LogP contribution in [-0.4, -0.2) is 23.1 Å². The number of halogens is 2. The highest BCUT2D eigenvalue weighted by Crippen LogP contribution is 2.22. The molecule has 1 atom stereocenters. The van der Waals surface area contributed by atoms with Crippen molar-refractivity contribution in [2.45, 2.75) is 25.8 Å². The summed E-state index contributed by atoms with van der Waals surface area (Å²) in [6.45, 7) is 1.77. The molecule has 0 saturated carbocycles. The molecule has 0 bridgehead atoms. The number of hydrogen-bond acceptors (Lipinski definition) is 2. The maximum absolute atomic E-state index is 13.0. The van der Waals surface area contributed by atoms with Crippen molar-refractivity contribution in [2.24, 2.45) is 0 Å². The lowest BCUT2D eigenvalue weighted by molar-refractivity contribution is -0.137. The van der Waals surface area contributed by atoms with Crippen LogP contribution in [-0.2, 0) is 4.79 Å².